The number of aromatic nitrogens is 4. The average Bonchev–Trinajstić information content (AvgIpc) is 3.28. The molecule has 1 heterocycles. The van der Waals surface area contributed by atoms with Crippen molar-refractivity contribution in [3.63, 3.8) is 0 Å². The van der Waals surface area contributed by atoms with Crippen molar-refractivity contribution >= 4 is 15.7 Å². The topological polar surface area (TPSA) is 101 Å². The smallest absolute Gasteiger partial charge is 0.280 e. The van der Waals surface area contributed by atoms with Gasteiger partial charge in [-0.2, -0.15) is 18.4 Å². The lowest BCUT2D eigenvalue weighted by atomic mass is 10.0. The average molecular weight is 449 g/mol. The Hall–Kier alpha value is -3.73. The van der Waals surface area contributed by atoms with Gasteiger partial charge in [0.1, 0.15) is 0 Å². The molecule has 1 aromatic heterocycles. The molecule has 31 heavy (non-hydrogen) atoms. The van der Waals surface area contributed by atoms with Crippen molar-refractivity contribution in [2.24, 2.45) is 0 Å². The van der Waals surface area contributed by atoms with Crippen LogP contribution < -0.4 is 4.72 Å². The summed E-state index contributed by atoms with van der Waals surface area (Å²) in [4.78, 5) is -0.0325. The lowest BCUT2D eigenvalue weighted by Crippen LogP contribution is -2.13. The second kappa shape index (κ2) is 7.84. The molecule has 0 aliphatic heterocycles. The molecule has 4 aromatic rings. The Bertz CT molecular complexity index is 1320. The van der Waals surface area contributed by atoms with Gasteiger partial charge in [0, 0.05) is 14.1 Å². The molecule has 0 radical (unpaired) electrons. The van der Waals surface area contributed by atoms with Crippen LogP contribution in [0.5, 0.6) is 0 Å². The number of alkyl halides is 3. The van der Waals surface area contributed by atoms with Gasteiger partial charge in [0.05, 0.1) is 10.5 Å². The van der Waals surface area contributed by atoms with Crippen molar-refractivity contribution in [2.75, 3.05) is 4.72 Å². The molecular weight excluding hydrogens is 431 g/mol. The van der Waals surface area contributed by atoms with Crippen LogP contribution in [0, 0.1) is 0 Å². The summed E-state index contributed by atoms with van der Waals surface area (Å²) in [6.07, 6.45) is -4.44. The predicted octanol–water partition coefficient (Wildman–Crippen LogP) is 4.85. The number of nitrogens with zero attached hydrogens (tertiary/aromatic N) is 3. The van der Waals surface area contributed by atoms with Gasteiger partial charge in [-0.05, 0) is 52.7 Å². The summed E-state index contributed by atoms with van der Waals surface area (Å²) >= 11 is 0. The minimum absolute atomic E-state index is 0. The zero-order valence-corrected chi connectivity index (χ0v) is 16.4. The van der Waals surface area contributed by atoms with E-state index in [0.29, 0.717) is 28.2 Å². The molecule has 3 aromatic carbocycles. The number of aromatic amines is 1. The molecule has 11 heteroatoms. The Morgan fingerprint density at radius 3 is 2.26 bits per heavy atom. The maximum absolute atomic E-state index is 12.9. The summed E-state index contributed by atoms with van der Waals surface area (Å²) in [5.74, 6) is 0.311. The molecule has 0 amide bonds. The Kier molecular flexibility index (Phi) is 5.19. The van der Waals surface area contributed by atoms with E-state index in [1.54, 1.807) is 30.3 Å². The first-order valence-corrected chi connectivity index (χ1v) is 10.4. The van der Waals surface area contributed by atoms with Crippen molar-refractivity contribution in [3.8, 4) is 22.5 Å². The van der Waals surface area contributed by atoms with E-state index in [1.807, 2.05) is 0 Å². The van der Waals surface area contributed by atoms with Crippen LogP contribution in [0.15, 0.2) is 77.7 Å². The third-order valence-electron chi connectivity index (χ3n) is 4.41. The van der Waals surface area contributed by atoms with Crippen LogP contribution in [0.25, 0.3) is 22.5 Å². The molecule has 0 bridgehead atoms. The Morgan fingerprint density at radius 1 is 0.871 bits per heavy atom. The number of sulfonamides is 1. The van der Waals surface area contributed by atoms with Crippen LogP contribution in [0.3, 0.4) is 0 Å². The largest absolute Gasteiger partial charge is 0.416 e. The SMILES string of the molecule is O=S(=O)(Nc1cccc(-c2nn[nH]n2)c1)c1cccc(-c2ccc(C(F)(F)F)cc2)c1.[HH].[HH]. The van der Waals surface area contributed by atoms with Crippen molar-refractivity contribution in [2.45, 2.75) is 11.1 Å². The van der Waals surface area contributed by atoms with Gasteiger partial charge >= 0.3 is 6.18 Å². The number of tetrazole rings is 1. The molecule has 0 saturated heterocycles. The Balaban J connectivity index is 0.00000193. The zero-order chi connectivity index (χ0) is 22.1. The van der Waals surface area contributed by atoms with Crippen molar-refractivity contribution in [3.05, 3.63) is 78.4 Å². The van der Waals surface area contributed by atoms with E-state index >= 15 is 0 Å². The number of nitrogens with one attached hydrogen (secondary N) is 2. The van der Waals surface area contributed by atoms with Crippen molar-refractivity contribution in [1.82, 2.24) is 20.6 Å². The highest BCUT2D eigenvalue weighted by molar-refractivity contribution is 7.92. The van der Waals surface area contributed by atoms with E-state index in [-0.39, 0.29) is 7.75 Å². The van der Waals surface area contributed by atoms with E-state index in [9.17, 15) is 21.6 Å². The molecule has 7 nitrogen and oxygen atoms in total. The fraction of sp³-hybridized carbons (Fsp3) is 0.0500. The zero-order valence-electron chi connectivity index (χ0n) is 15.6. The number of anilines is 1. The molecule has 162 valence electrons. The van der Waals surface area contributed by atoms with Gasteiger partial charge in [0.15, 0.2) is 0 Å². The molecule has 2 N–H and O–H groups in total. The third-order valence-corrected chi connectivity index (χ3v) is 5.79. The number of hydrogen-bond donors (Lipinski definition) is 2. The van der Waals surface area contributed by atoms with Gasteiger partial charge in [-0.25, -0.2) is 8.42 Å². The minimum atomic E-state index is -4.44. The van der Waals surface area contributed by atoms with Crippen LogP contribution in [0.2, 0.25) is 0 Å². The highest BCUT2D eigenvalue weighted by Gasteiger charge is 2.30. The summed E-state index contributed by atoms with van der Waals surface area (Å²) in [5, 5.41) is 13.5. The minimum Gasteiger partial charge on any atom is -0.280 e. The lowest BCUT2D eigenvalue weighted by molar-refractivity contribution is -0.137. The number of H-pyrrole nitrogens is 1. The van der Waals surface area contributed by atoms with E-state index < -0.39 is 21.8 Å². The summed E-state index contributed by atoms with van der Waals surface area (Å²) in [7, 11) is -3.96. The number of hydrogen-bond acceptors (Lipinski definition) is 5. The summed E-state index contributed by atoms with van der Waals surface area (Å²) < 4.78 is 66.5. The molecule has 0 spiro atoms. The van der Waals surface area contributed by atoms with E-state index in [0.717, 1.165) is 12.1 Å². The van der Waals surface area contributed by atoms with Crippen LogP contribution in [-0.2, 0) is 16.2 Å². The molecule has 0 atom stereocenters. The van der Waals surface area contributed by atoms with Crippen LogP contribution in [0.1, 0.15) is 8.42 Å². The van der Waals surface area contributed by atoms with Crippen molar-refractivity contribution in [1.29, 1.82) is 0 Å². The molecule has 0 unspecified atom stereocenters. The van der Waals surface area contributed by atoms with Crippen LogP contribution >= 0.6 is 0 Å². The lowest BCUT2D eigenvalue weighted by Gasteiger charge is -2.11. The third kappa shape index (κ3) is 4.56. The first-order chi connectivity index (χ1) is 14.7. The number of halogens is 3. The van der Waals surface area contributed by atoms with Gasteiger partial charge in [-0.1, -0.05) is 36.4 Å². The second-order valence-electron chi connectivity index (χ2n) is 6.52. The van der Waals surface area contributed by atoms with Gasteiger partial charge in [0.2, 0.25) is 5.82 Å². The van der Waals surface area contributed by atoms with E-state index in [1.165, 1.54) is 30.3 Å². The fourth-order valence-electron chi connectivity index (χ4n) is 2.91. The van der Waals surface area contributed by atoms with Gasteiger partial charge in [0.25, 0.3) is 10.0 Å². The molecule has 0 fully saturated rings. The van der Waals surface area contributed by atoms with Crippen molar-refractivity contribution < 1.29 is 24.4 Å². The number of benzene rings is 3. The van der Waals surface area contributed by atoms with Crippen LogP contribution in [-0.4, -0.2) is 29.0 Å². The maximum Gasteiger partial charge on any atom is 0.416 e. The molecular formula is C20H18F3N5O2S. The van der Waals surface area contributed by atoms with Gasteiger partial charge in [-0.15, -0.1) is 10.2 Å². The van der Waals surface area contributed by atoms with Gasteiger partial charge in [-0.3, -0.25) is 4.72 Å². The standard InChI is InChI=1S/C20H14F3N5O2S.2H2/c21-20(22,23)16-9-7-13(8-10-16)14-3-2-6-18(12-14)31(29,30)26-17-5-1-4-15(11-17)19-24-27-28-25-19;;/h1-12,26H,(H,24,25,27,28);2*1H. The monoisotopic (exact) mass is 449 g/mol. The second-order valence-corrected chi connectivity index (χ2v) is 8.21. The first-order valence-electron chi connectivity index (χ1n) is 8.87. The summed E-state index contributed by atoms with van der Waals surface area (Å²) in [6.45, 7) is 0. The summed E-state index contributed by atoms with van der Waals surface area (Å²) in [5.41, 5.74) is 1.01. The first kappa shape index (κ1) is 20.5. The Labute approximate surface area is 178 Å². The van der Waals surface area contributed by atoms with Gasteiger partial charge < -0.3 is 0 Å². The highest BCUT2D eigenvalue weighted by Crippen LogP contribution is 2.31. The highest BCUT2D eigenvalue weighted by atomic mass is 32.2. The molecule has 4 rings (SSSR count). The molecule has 0 aliphatic carbocycles. The normalized spacial score (nSPS) is 12.0. The van der Waals surface area contributed by atoms with Crippen LogP contribution in [0.4, 0.5) is 18.9 Å². The predicted molar refractivity (Wildman–Crippen MR) is 112 cm³/mol. The Morgan fingerprint density at radius 2 is 1.58 bits per heavy atom. The molecule has 0 saturated carbocycles. The summed E-state index contributed by atoms with van der Waals surface area (Å²) in [6, 6.07) is 16.9. The molecule has 0 aliphatic rings. The van der Waals surface area contributed by atoms with E-state index in [2.05, 4.69) is 25.3 Å². The maximum atomic E-state index is 12.9. The fourth-order valence-corrected chi connectivity index (χ4v) is 4.01. The number of rotatable bonds is 5. The quantitative estimate of drug-likeness (QED) is 0.454. The van der Waals surface area contributed by atoms with E-state index in [4.69, 9.17) is 0 Å².